The molecule has 0 amide bonds. The SMILES string of the molecule is O=[N+]([O-])c1cc(C2=c3ccc([nH]3)=CC3=NC(=Cc4ccc([nH]4)C(Cl)(c4ccc(O)c([N+](=O)[O-])c4)C4(Cl)C=CC2=N4)C=C3)ccc1O. The molecule has 46 heavy (non-hydrogen) atoms. The number of alkyl halides is 2. The number of nitrogens with one attached hydrogen (secondary N) is 2. The van der Waals surface area contributed by atoms with Gasteiger partial charge in [-0.2, -0.15) is 0 Å². The normalized spacial score (nSPS) is 21.4. The van der Waals surface area contributed by atoms with E-state index in [4.69, 9.17) is 28.2 Å². The molecule has 0 saturated carbocycles. The van der Waals surface area contributed by atoms with Crippen molar-refractivity contribution in [1.82, 2.24) is 9.97 Å². The number of nitro groups is 2. The highest BCUT2D eigenvalue weighted by atomic mass is 35.5. The van der Waals surface area contributed by atoms with Crippen molar-refractivity contribution in [3.8, 4) is 11.5 Å². The van der Waals surface area contributed by atoms with Crippen molar-refractivity contribution in [2.24, 2.45) is 9.98 Å². The number of allylic oxidation sites excluding steroid dienone is 3. The first-order chi connectivity index (χ1) is 21.9. The van der Waals surface area contributed by atoms with Gasteiger partial charge in [0.2, 0.25) is 0 Å². The molecular weight excluding hydrogens is 635 g/mol. The van der Waals surface area contributed by atoms with Crippen LogP contribution < -0.4 is 10.7 Å². The molecule has 3 aliphatic rings. The maximum atomic E-state index is 11.8. The molecule has 0 radical (unpaired) electrons. The minimum absolute atomic E-state index is 0.158. The molecule has 12 nitrogen and oxygen atoms in total. The van der Waals surface area contributed by atoms with E-state index < -0.39 is 42.6 Å². The molecule has 7 rings (SSSR count). The monoisotopic (exact) mass is 654 g/mol. The quantitative estimate of drug-likeness (QED) is 0.103. The summed E-state index contributed by atoms with van der Waals surface area (Å²) in [5, 5.41) is 45.2. The number of aliphatic imine (C=N–C) groups is 2. The number of halogens is 2. The largest absolute Gasteiger partial charge is 0.502 e. The predicted octanol–water partition coefficient (Wildman–Crippen LogP) is 5.04. The predicted molar refractivity (Wildman–Crippen MR) is 174 cm³/mol. The zero-order chi connectivity index (χ0) is 32.4. The molecule has 3 aliphatic heterocycles. The van der Waals surface area contributed by atoms with Crippen LogP contribution in [0.4, 0.5) is 11.4 Å². The Hall–Kier alpha value is -5.72. The van der Waals surface area contributed by atoms with Crippen molar-refractivity contribution in [2.45, 2.75) is 9.87 Å². The fourth-order valence-electron chi connectivity index (χ4n) is 5.68. The van der Waals surface area contributed by atoms with Crippen molar-refractivity contribution < 1.29 is 20.1 Å². The molecule has 2 aromatic heterocycles. The Morgan fingerprint density at radius 3 is 2.30 bits per heavy atom. The standard InChI is InChI=1S/C32H20Cl2N6O6/c33-31-12-11-24(38-31)30(17-1-8-27(41)25(13-17)39(43)44)23-7-5-21(36-23)15-19-3-4-20(35-19)16-22-6-10-29(37-22)32(31,34)18-2-9-28(42)26(14-18)40(45)46/h1-16,36-37,41-42H. The third-order valence-corrected chi connectivity index (χ3v) is 9.16. The number of aromatic nitrogens is 2. The van der Waals surface area contributed by atoms with Crippen LogP contribution in [0.25, 0.3) is 17.7 Å². The summed E-state index contributed by atoms with van der Waals surface area (Å²) >= 11 is 14.9. The van der Waals surface area contributed by atoms with E-state index in [0.717, 1.165) is 12.1 Å². The molecule has 5 heterocycles. The summed E-state index contributed by atoms with van der Waals surface area (Å²) in [6, 6.07) is 14.7. The number of phenolic OH excluding ortho intramolecular Hbond substituents is 2. The number of nitrogens with zero attached hydrogens (tertiary/aromatic N) is 4. The van der Waals surface area contributed by atoms with Crippen LogP contribution in [0.2, 0.25) is 0 Å². The molecule has 2 aromatic carbocycles. The number of rotatable bonds is 4. The van der Waals surface area contributed by atoms with Gasteiger partial charge >= 0.3 is 11.4 Å². The Morgan fingerprint density at radius 2 is 1.54 bits per heavy atom. The van der Waals surface area contributed by atoms with Gasteiger partial charge in [-0.05, 0) is 84.0 Å². The number of hydrogen-bond donors (Lipinski definition) is 4. The summed E-state index contributed by atoms with van der Waals surface area (Å²) in [7, 11) is 0. The van der Waals surface area contributed by atoms with Crippen LogP contribution in [0.15, 0.2) is 101 Å². The summed E-state index contributed by atoms with van der Waals surface area (Å²) in [4.78, 5) is 34.6. The lowest BCUT2D eigenvalue weighted by Crippen LogP contribution is -2.41. The molecule has 0 aliphatic carbocycles. The number of phenols is 2. The second kappa shape index (κ2) is 10.4. The zero-order valence-corrected chi connectivity index (χ0v) is 24.8. The molecule has 14 heteroatoms. The number of aromatic hydroxyl groups is 2. The van der Waals surface area contributed by atoms with E-state index >= 15 is 0 Å². The molecule has 4 N–H and O–H groups in total. The van der Waals surface area contributed by atoms with Gasteiger partial charge in [0.1, 0.15) is 0 Å². The number of H-pyrrole nitrogens is 2. The second-order valence-corrected chi connectivity index (χ2v) is 11.8. The molecule has 4 aromatic rings. The first-order valence-corrected chi connectivity index (χ1v) is 14.4. The minimum Gasteiger partial charge on any atom is -0.502 e. The van der Waals surface area contributed by atoms with E-state index in [-0.39, 0.29) is 11.3 Å². The lowest BCUT2D eigenvalue weighted by molar-refractivity contribution is -0.386. The number of hydrogen-bond acceptors (Lipinski definition) is 8. The van der Waals surface area contributed by atoms with Crippen molar-refractivity contribution >= 4 is 63.7 Å². The summed E-state index contributed by atoms with van der Waals surface area (Å²) in [6.07, 6.45) is 10.4. The summed E-state index contributed by atoms with van der Waals surface area (Å²) in [5.74, 6) is -1.07. The molecule has 8 bridgehead atoms. The average molecular weight is 655 g/mol. The molecule has 228 valence electrons. The van der Waals surface area contributed by atoms with E-state index in [1.165, 1.54) is 30.3 Å². The molecule has 2 atom stereocenters. The Bertz CT molecular complexity index is 2300. The minimum atomic E-state index is -1.82. The van der Waals surface area contributed by atoms with Gasteiger partial charge in [-0.25, -0.2) is 4.99 Å². The van der Waals surface area contributed by atoms with Gasteiger partial charge in [-0.1, -0.05) is 23.7 Å². The van der Waals surface area contributed by atoms with Gasteiger partial charge in [0.25, 0.3) is 0 Å². The van der Waals surface area contributed by atoms with Crippen molar-refractivity contribution in [3.63, 3.8) is 0 Å². The van der Waals surface area contributed by atoms with Crippen LogP contribution in [-0.4, -0.2) is 46.4 Å². The topological polar surface area (TPSA) is 183 Å². The van der Waals surface area contributed by atoms with Gasteiger partial charge < -0.3 is 20.2 Å². The number of nitro benzene ring substituents is 2. The van der Waals surface area contributed by atoms with E-state index in [9.17, 15) is 30.4 Å². The smallest absolute Gasteiger partial charge is 0.311 e. The first-order valence-electron chi connectivity index (χ1n) is 13.7. The van der Waals surface area contributed by atoms with E-state index in [1.807, 2.05) is 24.3 Å². The van der Waals surface area contributed by atoms with Crippen LogP contribution in [0, 0.1) is 20.2 Å². The summed E-state index contributed by atoms with van der Waals surface area (Å²) in [6.45, 7) is 0. The highest BCUT2D eigenvalue weighted by molar-refractivity contribution is 6.40. The van der Waals surface area contributed by atoms with Crippen LogP contribution >= 0.6 is 23.2 Å². The third kappa shape index (κ3) is 4.62. The third-order valence-electron chi connectivity index (χ3n) is 7.86. The molecule has 2 unspecified atom stereocenters. The van der Waals surface area contributed by atoms with E-state index in [2.05, 4.69) is 15.0 Å². The van der Waals surface area contributed by atoms with Gasteiger partial charge in [0.05, 0.1) is 27.0 Å². The Kier molecular flexibility index (Phi) is 6.58. The van der Waals surface area contributed by atoms with Gasteiger partial charge in [-0.15, -0.1) is 11.6 Å². The molecule has 0 spiro atoms. The van der Waals surface area contributed by atoms with E-state index in [0.29, 0.717) is 44.6 Å². The van der Waals surface area contributed by atoms with Crippen LogP contribution in [-0.2, 0) is 4.87 Å². The van der Waals surface area contributed by atoms with Gasteiger partial charge in [-0.3, -0.25) is 25.2 Å². The average Bonchev–Trinajstić information content (AvgIpc) is 3.83. The zero-order valence-electron chi connectivity index (χ0n) is 23.3. The number of aromatic amines is 2. The Labute approximate surface area is 268 Å². The lowest BCUT2D eigenvalue weighted by Gasteiger charge is -2.36. The highest BCUT2D eigenvalue weighted by Gasteiger charge is 2.54. The van der Waals surface area contributed by atoms with Crippen molar-refractivity contribution in [3.05, 3.63) is 144 Å². The van der Waals surface area contributed by atoms with Crippen molar-refractivity contribution in [2.75, 3.05) is 0 Å². The fraction of sp³-hybridized carbons (Fsp3) is 0.0625. The maximum absolute atomic E-state index is 11.8. The number of benzene rings is 2. The first kappa shape index (κ1) is 29.0. The molecule has 0 fully saturated rings. The van der Waals surface area contributed by atoms with Gasteiger partial charge in [0.15, 0.2) is 21.4 Å². The molecular formula is C32H20Cl2N6O6. The van der Waals surface area contributed by atoms with Crippen LogP contribution in [0.3, 0.4) is 0 Å². The lowest BCUT2D eigenvalue weighted by atomic mass is 9.87. The van der Waals surface area contributed by atoms with Crippen LogP contribution in [0.1, 0.15) is 22.5 Å². The second-order valence-electron chi connectivity index (χ2n) is 10.7. The Balaban J connectivity index is 1.55. The Morgan fingerprint density at radius 1 is 0.804 bits per heavy atom. The summed E-state index contributed by atoms with van der Waals surface area (Å²) in [5.41, 5.74) is 2.34. The fourth-order valence-corrected chi connectivity index (χ4v) is 6.38. The highest BCUT2D eigenvalue weighted by Crippen LogP contribution is 2.53. The number of fused-ring (bicyclic) bond motifs is 6. The maximum Gasteiger partial charge on any atom is 0.311 e. The molecule has 0 saturated heterocycles. The van der Waals surface area contributed by atoms with Gasteiger partial charge in [0, 0.05) is 39.8 Å². The summed E-state index contributed by atoms with van der Waals surface area (Å²) < 4.78 is 0. The van der Waals surface area contributed by atoms with Crippen LogP contribution in [0.5, 0.6) is 11.5 Å². The van der Waals surface area contributed by atoms with E-state index in [1.54, 1.807) is 30.4 Å². The van der Waals surface area contributed by atoms with Crippen molar-refractivity contribution in [1.29, 1.82) is 0 Å².